The van der Waals surface area contributed by atoms with Crippen molar-refractivity contribution in [1.29, 1.82) is 0 Å². The Bertz CT molecular complexity index is 2480. The van der Waals surface area contributed by atoms with E-state index in [0.29, 0.717) is 19.3 Å². The Balaban J connectivity index is 4.50. The van der Waals surface area contributed by atoms with E-state index in [1.807, 2.05) is 0 Å². The Kier molecular flexibility index (Phi) is 77.9. The molecule has 0 rings (SSSR count). The quantitative estimate of drug-likeness (QED) is 0.0146. The molecule has 4 N–H and O–H groups in total. The lowest BCUT2D eigenvalue weighted by Crippen LogP contribution is -2.30. The van der Waals surface area contributed by atoms with Gasteiger partial charge in [0.15, 0.2) is 6.10 Å². The van der Waals surface area contributed by atoms with Gasteiger partial charge in [-0.15, -0.1) is 0 Å². The highest BCUT2D eigenvalue weighted by Gasteiger charge is 2.29. The number of hydrogen-bond donors (Lipinski definition) is 4. The summed E-state index contributed by atoms with van der Waals surface area (Å²) in [7, 11) is -9.81. The lowest BCUT2D eigenvalue weighted by molar-refractivity contribution is -0.161. The molecule has 0 heterocycles. The van der Waals surface area contributed by atoms with Gasteiger partial charge in [0.2, 0.25) is 0 Å². The molecule has 5 atom stereocenters. The maximum Gasteiger partial charge on any atom is 0.472 e. The summed E-state index contributed by atoms with van der Waals surface area (Å²) in [6.07, 6.45) is 99.3. The number of hydrogen-bond acceptors (Lipinski definition) is 14. The summed E-state index contributed by atoms with van der Waals surface area (Å²) in [5, 5.41) is 20.7. The van der Waals surface area contributed by atoms with Gasteiger partial charge in [0.05, 0.1) is 26.4 Å². The zero-order valence-corrected chi connectivity index (χ0v) is 69.3. The SMILES string of the molecule is CC/C=C\C/C=C\C/C=C\C/C=C\CCCCCCCCC(=O)OCC(COP(=O)(O)OCC(O)COP(=O)(O)OCC(O)COC(=O)CCCCCCCCCCCCCCCCCCC/C=C\C/C=C\C/C=C\C/C=C\CCCCC)OC(=O)CCCCCCCC/C=C\C/C=C\C/C=C\CCCCC. The van der Waals surface area contributed by atoms with Crippen LogP contribution in [-0.4, -0.2) is 95.9 Å². The van der Waals surface area contributed by atoms with Gasteiger partial charge in [-0.2, -0.15) is 0 Å². The van der Waals surface area contributed by atoms with Gasteiger partial charge >= 0.3 is 33.6 Å². The number of carbonyl (C=O) groups is 3. The molecule has 0 amide bonds. The molecule has 0 aliphatic carbocycles. The predicted octanol–water partition coefficient (Wildman–Crippen LogP) is 25.4. The van der Waals surface area contributed by atoms with Gasteiger partial charge in [-0.3, -0.25) is 32.5 Å². The first-order chi connectivity index (χ1) is 52.2. The van der Waals surface area contributed by atoms with E-state index in [1.54, 1.807) is 0 Å². The normalized spacial score (nSPS) is 14.6. The van der Waals surface area contributed by atoms with Crippen LogP contribution in [0.3, 0.4) is 0 Å². The first kappa shape index (κ1) is 103. The molecular formula is C89H154O16P2. The fourth-order valence-electron chi connectivity index (χ4n) is 11.4. The molecule has 0 aliphatic rings. The molecule has 0 fully saturated rings. The predicted molar refractivity (Wildman–Crippen MR) is 445 cm³/mol. The van der Waals surface area contributed by atoms with E-state index in [2.05, 4.69) is 154 Å². The topological polar surface area (TPSA) is 231 Å². The number of ether oxygens (including phenoxy) is 3. The smallest absolute Gasteiger partial charge is 0.463 e. The van der Waals surface area contributed by atoms with Crippen LogP contribution in [0.4, 0.5) is 0 Å². The van der Waals surface area contributed by atoms with Crippen molar-refractivity contribution >= 4 is 33.6 Å². The fourth-order valence-corrected chi connectivity index (χ4v) is 13.0. The van der Waals surface area contributed by atoms with Crippen LogP contribution in [0.25, 0.3) is 0 Å². The van der Waals surface area contributed by atoms with Crippen molar-refractivity contribution in [3.8, 4) is 0 Å². The summed E-state index contributed by atoms with van der Waals surface area (Å²) >= 11 is 0. The summed E-state index contributed by atoms with van der Waals surface area (Å²) in [6, 6.07) is 0. The minimum absolute atomic E-state index is 0.0841. The van der Waals surface area contributed by atoms with Crippen LogP contribution in [0.5, 0.6) is 0 Å². The summed E-state index contributed by atoms with van der Waals surface area (Å²) in [5.41, 5.74) is 0. The Morgan fingerprint density at radius 1 is 0.271 bits per heavy atom. The third kappa shape index (κ3) is 82.5. The van der Waals surface area contributed by atoms with E-state index in [0.717, 1.165) is 161 Å². The van der Waals surface area contributed by atoms with Crippen LogP contribution in [-0.2, 0) is 55.8 Å². The minimum Gasteiger partial charge on any atom is -0.463 e. The number of carbonyl (C=O) groups excluding carboxylic acids is 3. The molecule has 0 spiro atoms. The number of phosphoric ester groups is 2. The molecule has 616 valence electrons. The van der Waals surface area contributed by atoms with E-state index in [4.69, 9.17) is 32.3 Å². The number of unbranched alkanes of at least 4 members (excludes halogenated alkanes) is 35. The van der Waals surface area contributed by atoms with E-state index in [9.17, 15) is 43.5 Å². The molecule has 0 bridgehead atoms. The van der Waals surface area contributed by atoms with Crippen molar-refractivity contribution in [3.63, 3.8) is 0 Å². The van der Waals surface area contributed by atoms with Crippen molar-refractivity contribution in [2.24, 2.45) is 0 Å². The zero-order valence-electron chi connectivity index (χ0n) is 67.5. The number of esters is 3. The lowest BCUT2D eigenvalue weighted by Gasteiger charge is -2.21. The maximum absolute atomic E-state index is 13.0. The molecule has 0 saturated carbocycles. The molecule has 0 saturated heterocycles. The molecule has 0 aliphatic heterocycles. The van der Waals surface area contributed by atoms with Crippen LogP contribution in [0.2, 0.25) is 0 Å². The van der Waals surface area contributed by atoms with Crippen molar-refractivity contribution in [2.75, 3.05) is 39.6 Å². The summed E-state index contributed by atoms with van der Waals surface area (Å²) in [6.45, 7) is 2.51. The van der Waals surface area contributed by atoms with Gasteiger partial charge in [-0.05, 0) is 141 Å². The maximum atomic E-state index is 13.0. The highest BCUT2D eigenvalue weighted by molar-refractivity contribution is 7.47. The first-order valence-corrected chi connectivity index (χ1v) is 45.5. The second kappa shape index (κ2) is 81.2. The number of allylic oxidation sites excluding steroid dienone is 22. The minimum atomic E-state index is -4.94. The van der Waals surface area contributed by atoms with Gasteiger partial charge in [0.1, 0.15) is 25.4 Å². The van der Waals surface area contributed by atoms with Crippen LogP contribution < -0.4 is 0 Å². The average molecular weight is 1540 g/mol. The molecular weight excluding hydrogens is 1390 g/mol. The van der Waals surface area contributed by atoms with Crippen LogP contribution in [0, 0.1) is 0 Å². The molecule has 0 radical (unpaired) electrons. The average Bonchev–Trinajstić information content (AvgIpc) is 0.934. The van der Waals surface area contributed by atoms with Gasteiger partial charge in [0, 0.05) is 19.3 Å². The summed E-state index contributed by atoms with van der Waals surface area (Å²) in [5.74, 6) is -1.60. The number of aliphatic hydroxyl groups is 2. The van der Waals surface area contributed by atoms with Crippen molar-refractivity contribution < 1.29 is 75.8 Å². The van der Waals surface area contributed by atoms with Gasteiger partial charge in [-0.1, -0.05) is 328 Å². The number of phosphoric acid groups is 2. The van der Waals surface area contributed by atoms with Crippen LogP contribution in [0.1, 0.15) is 355 Å². The van der Waals surface area contributed by atoms with E-state index < -0.39 is 91.5 Å². The molecule has 18 heteroatoms. The third-order valence-corrected chi connectivity index (χ3v) is 19.7. The first-order valence-electron chi connectivity index (χ1n) is 42.5. The molecule has 16 nitrogen and oxygen atoms in total. The van der Waals surface area contributed by atoms with Crippen molar-refractivity contribution in [1.82, 2.24) is 0 Å². The highest BCUT2D eigenvalue weighted by Crippen LogP contribution is 2.45. The number of rotatable bonds is 80. The zero-order chi connectivity index (χ0) is 78.0. The largest absolute Gasteiger partial charge is 0.472 e. The fraction of sp³-hybridized carbons (Fsp3) is 0.719. The van der Waals surface area contributed by atoms with E-state index in [1.165, 1.54) is 135 Å². The van der Waals surface area contributed by atoms with Gasteiger partial charge < -0.3 is 34.2 Å². The molecule has 0 aromatic carbocycles. The van der Waals surface area contributed by atoms with Crippen LogP contribution >= 0.6 is 15.6 Å². The van der Waals surface area contributed by atoms with Gasteiger partial charge in [-0.25, -0.2) is 9.13 Å². The van der Waals surface area contributed by atoms with E-state index >= 15 is 0 Å². The van der Waals surface area contributed by atoms with Crippen molar-refractivity contribution in [2.45, 2.75) is 373 Å². The van der Waals surface area contributed by atoms with Gasteiger partial charge in [0.25, 0.3) is 0 Å². The molecule has 5 unspecified atom stereocenters. The van der Waals surface area contributed by atoms with Crippen LogP contribution in [0.15, 0.2) is 134 Å². The van der Waals surface area contributed by atoms with Crippen molar-refractivity contribution in [3.05, 3.63) is 134 Å². The Hall–Kier alpha value is -4.31. The molecule has 0 aromatic heterocycles. The number of aliphatic hydroxyl groups excluding tert-OH is 2. The second-order valence-corrected chi connectivity index (χ2v) is 31.2. The summed E-state index contributed by atoms with van der Waals surface area (Å²) in [4.78, 5) is 58.8. The van der Waals surface area contributed by atoms with E-state index in [-0.39, 0.29) is 19.3 Å². The monoisotopic (exact) mass is 1540 g/mol. The second-order valence-electron chi connectivity index (χ2n) is 28.2. The Morgan fingerprint density at radius 2 is 0.495 bits per heavy atom. The Labute approximate surface area is 652 Å². The summed E-state index contributed by atoms with van der Waals surface area (Å²) < 4.78 is 61.3. The lowest BCUT2D eigenvalue weighted by atomic mass is 10.0. The molecule has 107 heavy (non-hydrogen) atoms. The molecule has 0 aromatic rings. The highest BCUT2D eigenvalue weighted by atomic mass is 31.2. The third-order valence-electron chi connectivity index (χ3n) is 17.8. The Morgan fingerprint density at radius 3 is 0.785 bits per heavy atom. The standard InChI is InChI=1S/C89H154O16P2/c1-4-7-10-13-16-19-22-25-28-31-34-35-36-37-38-39-40-41-42-43-44-45-46-47-50-52-54-57-60-63-66-69-72-75-87(92)99-78-84(90)79-101-106(95,96)102-80-85(91)81-103-107(97,98)104-83-86(105-89(94)77-74-71-68-65-62-59-56-53-49-33-30-27-24-21-18-15-12-9-6-3)82-100-88(93)76-73-70-67-64-61-58-55-51-48-32-29-26-23-20-17-14-11-8-5-2/h8,11,16-21,25-30,34-35,37-38,48-49,51,53,84-86,90-91H,4-7,9-10,12-15,22-24,31-33,36,39-47,50,52,54-83H2,1-3H3,(H,95,96)(H,97,98)/b11-8-,19-16-,20-17-,21-18-,28-25-,29-26-,30-27-,35-34-,38-37-,51-48-,53-49-.